The molecule has 2 fully saturated rings. The largest absolute Gasteiger partial charge is 0.464 e. The maximum absolute atomic E-state index is 7.38. The summed E-state index contributed by atoms with van der Waals surface area (Å²) in [5, 5.41) is 3.22. The molecule has 0 spiro atoms. The third kappa shape index (κ3) is 4.76. The van der Waals surface area contributed by atoms with Crippen molar-refractivity contribution in [3.8, 4) is 12.3 Å². The van der Waals surface area contributed by atoms with E-state index in [-0.39, 0.29) is 6.71 Å². The van der Waals surface area contributed by atoms with Crippen LogP contribution in [0.2, 0.25) is 0 Å². The molecule has 2 saturated carbocycles. The summed E-state index contributed by atoms with van der Waals surface area (Å²) >= 11 is 1.73. The molecule has 3 aromatic heterocycles. The van der Waals surface area contributed by atoms with Gasteiger partial charge in [-0.2, -0.15) is 0 Å². The summed E-state index contributed by atoms with van der Waals surface area (Å²) < 4.78 is 15.3. The Morgan fingerprint density at radius 3 is 2.14 bits per heavy atom. The predicted octanol–water partition coefficient (Wildman–Crippen LogP) is 12.6. The Morgan fingerprint density at radius 2 is 1.39 bits per heavy atom. The highest BCUT2D eigenvalue weighted by molar-refractivity contribution is 7.29. The third-order valence-electron chi connectivity index (χ3n) is 13.5. The molecule has 5 aromatic carbocycles. The number of thiophene rings is 1. The van der Waals surface area contributed by atoms with Crippen molar-refractivity contribution in [1.29, 1.82) is 0 Å². The zero-order valence-electron chi connectivity index (χ0n) is 32.0. The van der Waals surface area contributed by atoms with Crippen LogP contribution >= 0.6 is 11.3 Å². The van der Waals surface area contributed by atoms with Gasteiger partial charge in [-0.3, -0.25) is 0 Å². The number of terminal acetylenes is 1. The Labute approximate surface area is 337 Å². The number of para-hydroxylation sites is 3. The molecule has 276 valence electrons. The van der Waals surface area contributed by atoms with E-state index in [1.54, 1.807) is 11.3 Å². The van der Waals surface area contributed by atoms with Gasteiger partial charge in [0, 0.05) is 49.2 Å². The van der Waals surface area contributed by atoms with E-state index in [2.05, 4.69) is 132 Å². The lowest BCUT2D eigenvalue weighted by molar-refractivity contribution is 0.144. The average Bonchev–Trinajstić information content (AvgIpc) is 3.96. The van der Waals surface area contributed by atoms with E-state index in [1.165, 1.54) is 72.1 Å². The number of hydrogen-bond acceptors (Lipinski definition) is 5. The van der Waals surface area contributed by atoms with Crippen molar-refractivity contribution in [3.63, 3.8) is 0 Å². The van der Waals surface area contributed by atoms with Gasteiger partial charge in [-0.15, -0.1) is 17.8 Å². The zero-order valence-corrected chi connectivity index (χ0v) is 32.8. The normalized spacial score (nSPS) is 19.9. The minimum absolute atomic E-state index is 0.175. The van der Waals surface area contributed by atoms with Crippen molar-refractivity contribution < 1.29 is 8.83 Å². The molecule has 4 nitrogen and oxygen atoms in total. The summed E-state index contributed by atoms with van der Waals surface area (Å²) in [6.07, 6.45) is 20.0. The van der Waals surface area contributed by atoms with Crippen LogP contribution < -0.4 is 25.7 Å². The van der Waals surface area contributed by atoms with Crippen molar-refractivity contribution in [2.45, 2.75) is 57.8 Å². The second kappa shape index (κ2) is 12.8. The topological polar surface area (TPSA) is 32.8 Å². The molecule has 3 unspecified atom stereocenters. The quantitative estimate of drug-likeness (QED) is 0.132. The van der Waals surface area contributed by atoms with E-state index in [4.69, 9.17) is 15.3 Å². The van der Waals surface area contributed by atoms with Gasteiger partial charge in [0.2, 0.25) is 0 Å². The van der Waals surface area contributed by atoms with E-state index in [1.807, 2.05) is 12.1 Å². The Hall–Kier alpha value is -5.90. The van der Waals surface area contributed by atoms with Crippen molar-refractivity contribution in [2.75, 3.05) is 9.80 Å². The molecule has 0 saturated heterocycles. The summed E-state index contributed by atoms with van der Waals surface area (Å²) in [5.41, 5.74) is 14.1. The average molecular weight is 757 g/mol. The summed E-state index contributed by atoms with van der Waals surface area (Å²) in [7, 11) is 0. The van der Waals surface area contributed by atoms with E-state index >= 15 is 0 Å². The summed E-state index contributed by atoms with van der Waals surface area (Å²) in [4.78, 5) is 5.97. The SMILES string of the molecule is C#Cc1sc2c(c1/C=C\C)N(c1ccccc1)c1cc(C3CCCC4CCCCC43)cc3c1B2c1oc2c(ccc4c5ccccc5oc42)c1N3c1ccccc1. The minimum Gasteiger partial charge on any atom is -0.464 e. The van der Waals surface area contributed by atoms with Crippen molar-refractivity contribution in [1.82, 2.24) is 0 Å². The van der Waals surface area contributed by atoms with E-state index in [0.717, 1.165) is 77.7 Å². The van der Waals surface area contributed by atoms with Gasteiger partial charge in [-0.05, 0) is 103 Å². The van der Waals surface area contributed by atoms with Gasteiger partial charge in [0.05, 0.1) is 16.3 Å². The van der Waals surface area contributed by atoms with Crippen molar-refractivity contribution in [2.24, 2.45) is 11.8 Å². The lowest BCUT2D eigenvalue weighted by Gasteiger charge is -2.45. The maximum atomic E-state index is 7.38. The molecule has 0 radical (unpaired) electrons. The molecule has 0 N–H and O–H groups in total. The zero-order chi connectivity index (χ0) is 37.8. The number of nitrogens with zero attached hydrogens (tertiary/aromatic N) is 2. The molecule has 0 amide bonds. The first-order valence-electron chi connectivity index (χ1n) is 20.7. The molecule has 5 heterocycles. The first kappa shape index (κ1) is 33.3. The lowest BCUT2D eigenvalue weighted by Crippen LogP contribution is -2.60. The van der Waals surface area contributed by atoms with Gasteiger partial charge in [0.25, 0.3) is 0 Å². The number of allylic oxidation sites excluding steroid dienone is 1. The van der Waals surface area contributed by atoms with Gasteiger partial charge < -0.3 is 18.6 Å². The smallest absolute Gasteiger partial charge is 0.309 e. The summed E-state index contributed by atoms with van der Waals surface area (Å²) in [5.74, 6) is 5.15. The number of furan rings is 2. The van der Waals surface area contributed by atoms with E-state index in [0.29, 0.717) is 11.8 Å². The highest BCUT2D eigenvalue weighted by Crippen LogP contribution is 2.54. The van der Waals surface area contributed by atoms with Gasteiger partial charge >= 0.3 is 6.71 Å². The predicted molar refractivity (Wildman–Crippen MR) is 240 cm³/mol. The third-order valence-corrected chi connectivity index (χ3v) is 14.7. The second-order valence-corrected chi connectivity index (χ2v) is 17.5. The minimum atomic E-state index is -0.175. The molecule has 4 aliphatic rings. The van der Waals surface area contributed by atoms with Crippen molar-refractivity contribution in [3.05, 3.63) is 131 Å². The number of benzene rings is 5. The molecule has 3 atom stereocenters. The first-order chi connectivity index (χ1) is 28.2. The van der Waals surface area contributed by atoms with Gasteiger partial charge in [-0.25, -0.2) is 0 Å². The van der Waals surface area contributed by atoms with Gasteiger partial charge in [-0.1, -0.05) is 105 Å². The molecule has 8 aromatic rings. The van der Waals surface area contributed by atoms with Crippen LogP contribution in [0.3, 0.4) is 0 Å². The monoisotopic (exact) mass is 756 g/mol. The Kier molecular flexibility index (Phi) is 7.48. The molecule has 0 bridgehead atoms. The Balaban J connectivity index is 1.22. The Morgan fingerprint density at radius 1 is 0.719 bits per heavy atom. The second-order valence-electron chi connectivity index (χ2n) is 16.4. The van der Waals surface area contributed by atoms with Gasteiger partial charge in [0.1, 0.15) is 11.2 Å². The fourth-order valence-corrected chi connectivity index (χ4v) is 12.5. The molecule has 57 heavy (non-hydrogen) atoms. The fraction of sp³-hybridized carbons (Fsp3) is 0.216. The highest BCUT2D eigenvalue weighted by atomic mass is 32.1. The number of fused-ring (bicyclic) bond motifs is 11. The Bertz CT molecular complexity index is 2970. The van der Waals surface area contributed by atoms with Crippen LogP contribution in [0.15, 0.2) is 124 Å². The molecular weight excluding hydrogens is 715 g/mol. The summed E-state index contributed by atoms with van der Waals surface area (Å²) in [6.45, 7) is 1.91. The fourth-order valence-electron chi connectivity index (χ4n) is 11.3. The molecule has 12 rings (SSSR count). The number of anilines is 6. The van der Waals surface area contributed by atoms with Crippen molar-refractivity contribution >= 4 is 107 Å². The van der Waals surface area contributed by atoms with Crippen LogP contribution in [0.1, 0.15) is 73.8 Å². The first-order valence-corrected chi connectivity index (χ1v) is 21.5. The molecule has 6 heteroatoms. The maximum Gasteiger partial charge on any atom is 0.309 e. The standard InChI is InChI=1S/C51H41BN2O2S/c1-3-16-39-44(4-2)57-51-47(39)54(34-21-9-6-10-22-34)42-30-32(36-25-15-18-31-17-11-12-23-35(31)36)29-41-45(42)52(51)50-46(53(41)33-19-7-5-8-20-33)40-28-27-38-37-24-13-14-26-43(37)55-48(38)49(40)56-50/h2-3,5-10,13-14,16,19-22,24,26-31,35-36H,11-12,15,17-18,23,25H2,1H3/b16-3-. The van der Waals surface area contributed by atoms with Crippen LogP contribution in [-0.4, -0.2) is 6.71 Å². The van der Waals surface area contributed by atoms with Crippen LogP contribution in [-0.2, 0) is 0 Å². The summed E-state index contributed by atoms with van der Waals surface area (Å²) in [6, 6.07) is 39.8. The van der Waals surface area contributed by atoms with E-state index in [9.17, 15) is 0 Å². The van der Waals surface area contributed by atoms with Crippen LogP contribution in [0, 0.1) is 24.2 Å². The molecule has 2 aliphatic heterocycles. The van der Waals surface area contributed by atoms with Crippen LogP contribution in [0.5, 0.6) is 0 Å². The number of rotatable bonds is 4. The van der Waals surface area contributed by atoms with Crippen LogP contribution in [0.4, 0.5) is 34.1 Å². The van der Waals surface area contributed by atoms with E-state index < -0.39 is 0 Å². The molecular formula is C51H41BN2O2S. The van der Waals surface area contributed by atoms with Gasteiger partial charge in [0.15, 0.2) is 11.2 Å². The lowest BCUT2D eigenvalue weighted by atomic mass is 9.38. The van der Waals surface area contributed by atoms with Crippen LogP contribution in [0.25, 0.3) is 39.0 Å². The highest BCUT2D eigenvalue weighted by Gasteiger charge is 2.50. The molecule has 2 aliphatic carbocycles. The number of hydrogen-bond donors (Lipinski definition) is 0.